The zero-order valence-corrected chi connectivity index (χ0v) is 25.8. The van der Waals surface area contributed by atoms with Gasteiger partial charge in [0.2, 0.25) is 0 Å². The van der Waals surface area contributed by atoms with E-state index in [9.17, 15) is 0 Å². The van der Waals surface area contributed by atoms with Crippen LogP contribution >= 0.6 is 0 Å². The maximum Gasteiger partial charge on any atom is -0.0216 e. The van der Waals surface area contributed by atoms with Gasteiger partial charge in [-0.2, -0.15) is 0 Å². The molecule has 0 saturated carbocycles. The van der Waals surface area contributed by atoms with Crippen LogP contribution in [0.3, 0.4) is 0 Å². The Morgan fingerprint density at radius 3 is 0.429 bits per heavy atom. The van der Waals surface area contributed by atoms with Crippen molar-refractivity contribution in [3.8, 4) is 0 Å². The maximum atomic E-state index is 2.25. The second-order valence-corrected chi connectivity index (χ2v) is 9.71. The fourth-order valence-corrected chi connectivity index (χ4v) is 3.49. The van der Waals surface area contributed by atoms with Crippen molar-refractivity contribution in [1.82, 2.24) is 0 Å². The molecule has 6 aromatic carbocycles. The second-order valence-electron chi connectivity index (χ2n) is 9.71. The number of hydrogen-bond acceptors (Lipinski definition) is 0. The van der Waals surface area contributed by atoms with Crippen LogP contribution in [0.25, 0.3) is 0 Å². The summed E-state index contributed by atoms with van der Waals surface area (Å²) in [4.78, 5) is 0. The van der Waals surface area contributed by atoms with Crippen molar-refractivity contribution in [1.29, 1.82) is 0 Å². The molecule has 6 aromatic rings. The van der Waals surface area contributed by atoms with E-state index < -0.39 is 0 Å². The third-order valence-electron chi connectivity index (χ3n) is 5.57. The molecule has 0 fully saturated rings. The summed E-state index contributed by atoms with van der Waals surface area (Å²) in [5, 5.41) is 0. The van der Waals surface area contributed by atoms with Crippen molar-refractivity contribution in [2.45, 2.75) is 39.5 Å². The highest BCUT2D eigenvalue weighted by Gasteiger charge is 2.07. The summed E-state index contributed by atoms with van der Waals surface area (Å²) in [6.45, 7) is 9.00. The van der Waals surface area contributed by atoms with Crippen molar-refractivity contribution in [3.05, 3.63) is 217 Å². The van der Waals surface area contributed by atoms with Crippen LogP contribution in [0.2, 0.25) is 0 Å². The Labute approximate surface area is 256 Å². The third-order valence-corrected chi connectivity index (χ3v) is 5.57. The van der Waals surface area contributed by atoms with Crippen LogP contribution in [0.4, 0.5) is 0 Å². The first-order chi connectivity index (χ1) is 20.6. The number of hydrogen-bond donors (Lipinski definition) is 0. The van der Waals surface area contributed by atoms with Crippen LogP contribution in [0.15, 0.2) is 206 Å². The Balaban J connectivity index is 0.000000259. The Bertz CT molecular complexity index is 938. The van der Waals surface area contributed by atoms with Crippen LogP contribution in [0.1, 0.15) is 50.7 Å². The van der Waals surface area contributed by atoms with Gasteiger partial charge in [0.25, 0.3) is 0 Å². The van der Waals surface area contributed by atoms with Gasteiger partial charge in [-0.3, -0.25) is 0 Å². The molecule has 216 valence electrons. The molecule has 0 N–H and O–H groups in total. The standard InChI is InChI=1S/C12H18.5C6H6/c1-9(2)11-7-5-6-8-12(11)10(3)4;5*1-2-4-6-5-3-1/h5-10H,1-4H3;5*1-6H. The fourth-order valence-electron chi connectivity index (χ4n) is 3.49. The van der Waals surface area contributed by atoms with E-state index in [1.165, 1.54) is 11.1 Å². The molecule has 42 heavy (non-hydrogen) atoms. The smallest absolute Gasteiger partial charge is 0.0216 e. The van der Waals surface area contributed by atoms with E-state index >= 15 is 0 Å². The Morgan fingerprint density at radius 2 is 0.333 bits per heavy atom. The first-order valence-electron chi connectivity index (χ1n) is 14.7. The third kappa shape index (κ3) is 21.2. The fraction of sp³-hybridized carbons (Fsp3) is 0.143. The van der Waals surface area contributed by atoms with Crippen LogP contribution < -0.4 is 0 Å². The highest BCUT2D eigenvalue weighted by molar-refractivity contribution is 5.31. The molecule has 0 nitrogen and oxygen atoms in total. The molecule has 0 unspecified atom stereocenters. The van der Waals surface area contributed by atoms with Crippen molar-refractivity contribution >= 4 is 0 Å². The SMILES string of the molecule is CC(C)c1ccccc1C(C)C.c1ccccc1.c1ccccc1.c1ccccc1.c1ccccc1.c1ccccc1. The lowest BCUT2D eigenvalue weighted by Gasteiger charge is -2.14. The zero-order chi connectivity index (χ0) is 30.4. The van der Waals surface area contributed by atoms with Crippen LogP contribution in [-0.2, 0) is 0 Å². The van der Waals surface area contributed by atoms with E-state index in [2.05, 4.69) is 52.0 Å². The summed E-state index contributed by atoms with van der Waals surface area (Å²) in [6, 6.07) is 68.7. The molecule has 0 aromatic heterocycles. The van der Waals surface area contributed by atoms with Crippen molar-refractivity contribution in [2.75, 3.05) is 0 Å². The van der Waals surface area contributed by atoms with Gasteiger partial charge in [-0.1, -0.05) is 234 Å². The van der Waals surface area contributed by atoms with Gasteiger partial charge in [-0.15, -0.1) is 0 Å². The molecule has 0 aliphatic carbocycles. The predicted octanol–water partition coefficient (Wildman–Crippen LogP) is 12.4. The normalized spacial score (nSPS) is 8.90. The second kappa shape index (κ2) is 26.5. The highest BCUT2D eigenvalue weighted by Crippen LogP contribution is 2.25. The maximum absolute atomic E-state index is 2.25. The molecule has 0 spiro atoms. The first kappa shape index (κ1) is 35.3. The highest BCUT2D eigenvalue weighted by atomic mass is 14.1. The number of rotatable bonds is 2. The van der Waals surface area contributed by atoms with E-state index in [-0.39, 0.29) is 0 Å². The van der Waals surface area contributed by atoms with Crippen LogP contribution in [-0.4, -0.2) is 0 Å². The predicted molar refractivity (Wildman–Crippen MR) is 187 cm³/mol. The molecule has 0 saturated heterocycles. The van der Waals surface area contributed by atoms with Gasteiger partial charge in [-0.05, 0) is 23.0 Å². The van der Waals surface area contributed by atoms with Gasteiger partial charge in [0.15, 0.2) is 0 Å². The summed E-state index contributed by atoms with van der Waals surface area (Å²) >= 11 is 0. The summed E-state index contributed by atoms with van der Waals surface area (Å²) in [6.07, 6.45) is 0. The van der Waals surface area contributed by atoms with Gasteiger partial charge >= 0.3 is 0 Å². The van der Waals surface area contributed by atoms with E-state index in [0.717, 1.165) is 0 Å². The molecule has 0 aliphatic heterocycles. The van der Waals surface area contributed by atoms with Crippen LogP contribution in [0, 0.1) is 0 Å². The summed E-state index contributed by atoms with van der Waals surface area (Å²) < 4.78 is 0. The largest absolute Gasteiger partial charge is 0.0623 e. The van der Waals surface area contributed by atoms with Crippen molar-refractivity contribution < 1.29 is 0 Å². The summed E-state index contributed by atoms with van der Waals surface area (Å²) in [7, 11) is 0. The molecule has 0 aliphatic rings. The van der Waals surface area contributed by atoms with Gasteiger partial charge < -0.3 is 0 Å². The van der Waals surface area contributed by atoms with E-state index in [1.54, 1.807) is 0 Å². The summed E-state index contributed by atoms with van der Waals surface area (Å²) in [5.74, 6) is 1.28. The minimum atomic E-state index is 0.642. The van der Waals surface area contributed by atoms with Gasteiger partial charge in [0, 0.05) is 0 Å². The topological polar surface area (TPSA) is 0 Å². The molecule has 0 radical (unpaired) electrons. The monoisotopic (exact) mass is 552 g/mol. The number of benzene rings is 6. The van der Waals surface area contributed by atoms with E-state index in [0.29, 0.717) is 11.8 Å². The lowest BCUT2D eigenvalue weighted by Crippen LogP contribution is -1.97. The van der Waals surface area contributed by atoms with E-state index in [1.807, 2.05) is 182 Å². The molecule has 0 heterocycles. The lowest BCUT2D eigenvalue weighted by molar-refractivity contribution is 0.790. The summed E-state index contributed by atoms with van der Waals surface area (Å²) in [5.41, 5.74) is 2.99. The van der Waals surface area contributed by atoms with Crippen molar-refractivity contribution in [3.63, 3.8) is 0 Å². The van der Waals surface area contributed by atoms with E-state index in [4.69, 9.17) is 0 Å². The minimum Gasteiger partial charge on any atom is -0.0623 e. The molecular weight excluding hydrogens is 504 g/mol. The van der Waals surface area contributed by atoms with Gasteiger partial charge in [-0.25, -0.2) is 0 Å². The van der Waals surface area contributed by atoms with Crippen LogP contribution in [0.5, 0.6) is 0 Å². The Morgan fingerprint density at radius 1 is 0.214 bits per heavy atom. The van der Waals surface area contributed by atoms with Gasteiger partial charge in [0.1, 0.15) is 0 Å². The average molecular weight is 553 g/mol. The molecule has 0 atom stereocenters. The average Bonchev–Trinajstić information content (AvgIpc) is 3.10. The molecular formula is C42H48. The molecule has 0 bridgehead atoms. The molecule has 0 amide bonds. The Hall–Kier alpha value is -4.68. The Kier molecular flexibility index (Phi) is 22.3. The molecule has 6 rings (SSSR count). The minimum absolute atomic E-state index is 0.642. The lowest BCUT2D eigenvalue weighted by atomic mass is 9.91. The quantitative estimate of drug-likeness (QED) is 0.200. The van der Waals surface area contributed by atoms with Gasteiger partial charge in [0.05, 0.1) is 0 Å². The van der Waals surface area contributed by atoms with Crippen molar-refractivity contribution in [2.24, 2.45) is 0 Å². The first-order valence-corrected chi connectivity index (χ1v) is 14.7. The molecule has 0 heteroatoms. The zero-order valence-electron chi connectivity index (χ0n) is 25.8.